The van der Waals surface area contributed by atoms with Crippen molar-refractivity contribution < 1.29 is 39.6 Å². The minimum atomic E-state index is -2.64. The molecule has 1 aromatic rings. The summed E-state index contributed by atoms with van der Waals surface area (Å²) >= 11 is 0. The number of primary amides is 1. The number of aliphatic hydroxyl groups excluding tert-OH is 2. The van der Waals surface area contributed by atoms with Crippen molar-refractivity contribution in [3.05, 3.63) is 45.7 Å². The molecule has 7 N–H and O–H groups in total. The highest BCUT2D eigenvalue weighted by molar-refractivity contribution is 6.24. The summed E-state index contributed by atoms with van der Waals surface area (Å²) in [6, 6.07) is 1.95. The number of phenolic OH excluding ortho intramolecular Hbond substituents is 1. The van der Waals surface area contributed by atoms with E-state index in [-0.39, 0.29) is 36.3 Å². The van der Waals surface area contributed by atoms with E-state index in [2.05, 4.69) is 5.48 Å². The van der Waals surface area contributed by atoms with Crippen LogP contribution >= 0.6 is 0 Å². The van der Waals surface area contributed by atoms with Crippen molar-refractivity contribution in [2.75, 3.05) is 20.7 Å². The first-order valence-corrected chi connectivity index (χ1v) is 11.3. The zero-order valence-electron chi connectivity index (χ0n) is 19.7. The highest BCUT2D eigenvalue weighted by atomic mass is 16.6. The highest BCUT2D eigenvalue weighted by Crippen LogP contribution is 2.52. The van der Waals surface area contributed by atoms with Crippen LogP contribution in [0.4, 0.5) is 0 Å². The number of carbonyl (C=O) groups is 3. The number of likely N-dealkylation sites (N-methyl/N-ethyl adjacent to an activating group) is 1. The molecule has 0 radical (unpaired) electrons. The summed E-state index contributed by atoms with van der Waals surface area (Å²) in [6.45, 7) is 2.52. The number of nitrogens with zero attached hydrogens (tertiary/aromatic N) is 1. The second-order valence-corrected chi connectivity index (χ2v) is 9.31. The molecule has 2 unspecified atom stereocenters. The quantitative estimate of drug-likeness (QED) is 0.181. The van der Waals surface area contributed by atoms with Crippen LogP contribution in [0.25, 0.3) is 5.76 Å². The van der Waals surface area contributed by atoms with Crippen LogP contribution in [0.2, 0.25) is 0 Å². The van der Waals surface area contributed by atoms with Gasteiger partial charge in [-0.15, -0.1) is 0 Å². The van der Waals surface area contributed by atoms with Gasteiger partial charge in [0.15, 0.2) is 11.4 Å². The average Bonchev–Trinajstić information content (AvgIpc) is 2.77. The van der Waals surface area contributed by atoms with E-state index in [1.54, 1.807) is 20.2 Å². The lowest BCUT2D eigenvalue weighted by atomic mass is 9.57. The van der Waals surface area contributed by atoms with Crippen LogP contribution in [0.15, 0.2) is 29.0 Å². The second kappa shape index (κ2) is 8.76. The molecule has 1 fully saturated rings. The first-order chi connectivity index (χ1) is 16.5. The molecule has 0 aromatic heterocycles. The number of nitrogens with two attached hydrogens (primary N) is 1. The lowest BCUT2D eigenvalue weighted by Gasteiger charge is -2.50. The van der Waals surface area contributed by atoms with E-state index >= 15 is 0 Å². The standard InChI is InChI=1S/C24H29N3O8/c1-4-35-26-9-10-5-6-14(28)16-12(10)7-11-8-13-18(27(2)3)20(30)17(23(25)33)22(32)24(13,34)21(31)15(11)19(16)29/h5-6,11,13,18,26,28-29,32,34H,4,7-9H2,1-3H3,(H2,25,33)/t11?,13?,18-,24-/m0/s1. The Balaban J connectivity index is 1.91. The fraction of sp³-hybridized carbons (Fsp3) is 0.458. The molecular formula is C24H29N3O8. The number of phenols is 1. The van der Waals surface area contributed by atoms with E-state index < -0.39 is 58.0 Å². The summed E-state index contributed by atoms with van der Waals surface area (Å²) in [7, 11) is 3.12. The molecule has 0 heterocycles. The minimum Gasteiger partial charge on any atom is -0.508 e. The van der Waals surface area contributed by atoms with E-state index in [0.717, 1.165) is 5.56 Å². The van der Waals surface area contributed by atoms with Gasteiger partial charge < -0.3 is 31.0 Å². The van der Waals surface area contributed by atoms with Crippen molar-refractivity contribution >= 4 is 23.2 Å². The number of benzene rings is 1. The van der Waals surface area contributed by atoms with Crippen molar-refractivity contribution in [3.8, 4) is 5.75 Å². The van der Waals surface area contributed by atoms with Gasteiger partial charge in [0, 0.05) is 18.0 Å². The molecule has 1 saturated carbocycles. The van der Waals surface area contributed by atoms with Gasteiger partial charge in [-0.1, -0.05) is 6.07 Å². The van der Waals surface area contributed by atoms with Crippen molar-refractivity contribution in [1.29, 1.82) is 0 Å². The number of rotatable bonds is 6. The highest BCUT2D eigenvalue weighted by Gasteiger charge is 2.64. The molecule has 0 spiro atoms. The van der Waals surface area contributed by atoms with Gasteiger partial charge in [0.25, 0.3) is 5.91 Å². The van der Waals surface area contributed by atoms with Gasteiger partial charge >= 0.3 is 0 Å². The molecule has 3 aliphatic rings. The van der Waals surface area contributed by atoms with Crippen LogP contribution in [-0.2, 0) is 32.2 Å². The Hall–Kier alpha value is -3.25. The first-order valence-electron chi connectivity index (χ1n) is 11.3. The summed E-state index contributed by atoms with van der Waals surface area (Å²) in [4.78, 5) is 45.5. The Morgan fingerprint density at radius 2 is 1.94 bits per heavy atom. The number of hydroxylamine groups is 1. The molecule has 3 aliphatic carbocycles. The van der Waals surface area contributed by atoms with Gasteiger partial charge in [-0.05, 0) is 57.0 Å². The van der Waals surface area contributed by atoms with Crippen molar-refractivity contribution in [2.24, 2.45) is 17.6 Å². The largest absolute Gasteiger partial charge is 0.508 e. The monoisotopic (exact) mass is 487 g/mol. The van der Waals surface area contributed by atoms with E-state index in [9.17, 15) is 34.8 Å². The van der Waals surface area contributed by atoms with E-state index in [4.69, 9.17) is 10.6 Å². The maximum absolute atomic E-state index is 13.7. The number of hydrogen-bond donors (Lipinski definition) is 6. The summed E-state index contributed by atoms with van der Waals surface area (Å²) in [5, 5.41) is 44.1. The lowest BCUT2D eigenvalue weighted by Crippen LogP contribution is -2.65. The van der Waals surface area contributed by atoms with Gasteiger partial charge in [-0.2, -0.15) is 5.48 Å². The number of nitrogens with one attached hydrogen (secondary N) is 1. The van der Waals surface area contributed by atoms with Gasteiger partial charge in [0.2, 0.25) is 5.78 Å². The van der Waals surface area contributed by atoms with Gasteiger partial charge in [-0.3, -0.25) is 19.3 Å². The fourth-order valence-electron chi connectivity index (χ4n) is 5.70. The molecule has 11 nitrogen and oxygen atoms in total. The van der Waals surface area contributed by atoms with Crippen molar-refractivity contribution in [3.63, 3.8) is 0 Å². The summed E-state index contributed by atoms with van der Waals surface area (Å²) in [6.07, 6.45) is 0.270. The number of ketones is 2. The Bertz CT molecular complexity index is 1190. The van der Waals surface area contributed by atoms with E-state index in [0.29, 0.717) is 12.2 Å². The zero-order valence-corrected chi connectivity index (χ0v) is 19.7. The Labute approximate surface area is 201 Å². The number of fused-ring (bicyclic) bond motifs is 3. The number of amides is 1. The maximum atomic E-state index is 13.7. The van der Waals surface area contributed by atoms with Crippen LogP contribution in [0.1, 0.15) is 30.0 Å². The van der Waals surface area contributed by atoms with Gasteiger partial charge in [0.1, 0.15) is 22.8 Å². The molecule has 1 aromatic carbocycles. The number of aromatic hydroxyl groups is 1. The zero-order chi connectivity index (χ0) is 25.8. The molecule has 0 saturated heterocycles. The normalized spacial score (nSPS) is 28.2. The second-order valence-electron chi connectivity index (χ2n) is 9.31. The van der Waals surface area contributed by atoms with Crippen LogP contribution in [0, 0.1) is 11.8 Å². The Morgan fingerprint density at radius 3 is 2.54 bits per heavy atom. The van der Waals surface area contributed by atoms with E-state index in [1.807, 2.05) is 6.92 Å². The molecule has 1 amide bonds. The third-order valence-corrected chi connectivity index (χ3v) is 7.21. The lowest BCUT2D eigenvalue weighted by molar-refractivity contribution is -0.153. The molecule has 4 atom stereocenters. The molecule has 0 aliphatic heterocycles. The summed E-state index contributed by atoms with van der Waals surface area (Å²) in [5.41, 5.74) is 5.84. The fourth-order valence-corrected chi connectivity index (χ4v) is 5.70. The van der Waals surface area contributed by atoms with Crippen LogP contribution in [-0.4, -0.2) is 75.1 Å². The predicted molar refractivity (Wildman–Crippen MR) is 123 cm³/mol. The molecule has 35 heavy (non-hydrogen) atoms. The third kappa shape index (κ3) is 3.54. The Morgan fingerprint density at radius 1 is 1.26 bits per heavy atom. The molecule has 0 bridgehead atoms. The van der Waals surface area contributed by atoms with Gasteiger partial charge in [0.05, 0.1) is 18.2 Å². The van der Waals surface area contributed by atoms with Crippen LogP contribution < -0.4 is 11.2 Å². The van der Waals surface area contributed by atoms with Crippen molar-refractivity contribution in [2.45, 2.75) is 38.0 Å². The number of aliphatic hydroxyl groups is 3. The van der Waals surface area contributed by atoms with Crippen LogP contribution in [0.3, 0.4) is 0 Å². The molecular weight excluding hydrogens is 458 g/mol. The molecule has 4 rings (SSSR count). The summed E-state index contributed by atoms with van der Waals surface area (Å²) < 4.78 is 0. The number of hydrogen-bond acceptors (Lipinski definition) is 10. The third-order valence-electron chi connectivity index (χ3n) is 7.21. The maximum Gasteiger partial charge on any atom is 0.255 e. The first kappa shape index (κ1) is 24.9. The van der Waals surface area contributed by atoms with Crippen molar-refractivity contribution in [1.82, 2.24) is 10.4 Å². The SMILES string of the molecule is CCONCc1ccc(O)c2c1CC1CC3[C@H](N(C)C)C(=O)C(C(N)=O)=C(O)[C@@]3(O)C(=O)C1=C2O. The minimum absolute atomic E-state index is 0.0414. The Kier molecular flexibility index (Phi) is 6.22. The predicted octanol–water partition coefficient (Wildman–Crippen LogP) is 0.00510. The smallest absolute Gasteiger partial charge is 0.255 e. The average molecular weight is 488 g/mol. The van der Waals surface area contributed by atoms with Crippen LogP contribution in [0.5, 0.6) is 5.75 Å². The summed E-state index contributed by atoms with van der Waals surface area (Å²) in [5.74, 6) is -6.69. The molecule has 188 valence electrons. The van der Waals surface area contributed by atoms with E-state index in [1.165, 1.54) is 11.0 Å². The molecule has 11 heteroatoms. The number of Topliss-reactive ketones (excluding diaryl/α,β-unsaturated/α-hetero) is 2. The van der Waals surface area contributed by atoms with Gasteiger partial charge in [-0.25, -0.2) is 0 Å². The number of carbonyl (C=O) groups excluding carboxylic acids is 3. The topological polar surface area (TPSA) is 183 Å².